The molecule has 0 fully saturated rings. The molecule has 9 heteroatoms. The monoisotopic (exact) mass is 438 g/mol. The Morgan fingerprint density at radius 3 is 1.42 bits per heavy atom. The number of carbonyl (C=O) groups is 1. The van der Waals surface area contributed by atoms with Gasteiger partial charge < -0.3 is 17.7 Å². The lowest BCUT2D eigenvalue weighted by molar-refractivity contribution is -0.134. The van der Waals surface area contributed by atoms with Crippen LogP contribution in [-0.2, 0) is 22.5 Å². The third-order valence-electron chi connectivity index (χ3n) is 2.97. The van der Waals surface area contributed by atoms with E-state index in [1.165, 1.54) is 0 Å². The molecular formula is C17H42O5Si4. The second-order valence-corrected chi connectivity index (χ2v) is 28.7. The Labute approximate surface area is 165 Å². The Hall–Kier alpha value is 0.378. The lowest BCUT2D eigenvalue weighted by atomic mass is 10.1. The number of carbonyl (C=O) groups excluding carboxylic acids is 1. The van der Waals surface area contributed by atoms with Crippen LogP contribution in [0.2, 0.25) is 78.6 Å². The van der Waals surface area contributed by atoms with Gasteiger partial charge in [-0.3, -0.25) is 4.79 Å². The first-order chi connectivity index (χ1) is 11.3. The van der Waals surface area contributed by atoms with Crippen LogP contribution in [0.5, 0.6) is 0 Å². The standard InChI is InChI=1S/C17H42O5Si4/c1-23(2,3)19-13-15(18)17(22-26(10,11)12)16(21-25(7,8)9)14-20-24(4,5)6/h16-17H,13-14H2,1-12H3/t16-,17+/m0/s1. The average molecular weight is 439 g/mol. The Balaban J connectivity index is 5.50. The maximum Gasteiger partial charge on any atom is 0.187 e. The summed E-state index contributed by atoms with van der Waals surface area (Å²) >= 11 is 0. The van der Waals surface area contributed by atoms with Crippen LogP contribution in [0.3, 0.4) is 0 Å². The van der Waals surface area contributed by atoms with Crippen LogP contribution in [0.1, 0.15) is 0 Å². The molecule has 2 atom stereocenters. The normalized spacial score (nSPS) is 16.5. The predicted molar refractivity (Wildman–Crippen MR) is 120 cm³/mol. The summed E-state index contributed by atoms with van der Waals surface area (Å²) in [4.78, 5) is 13.0. The van der Waals surface area contributed by atoms with Gasteiger partial charge in [-0.15, -0.1) is 0 Å². The van der Waals surface area contributed by atoms with Crippen molar-refractivity contribution in [1.29, 1.82) is 0 Å². The molecule has 0 aliphatic rings. The zero-order chi connectivity index (χ0) is 21.0. The molecule has 0 N–H and O–H groups in total. The molecule has 0 aliphatic carbocycles. The van der Waals surface area contributed by atoms with Gasteiger partial charge in [-0.25, -0.2) is 0 Å². The van der Waals surface area contributed by atoms with Crippen molar-refractivity contribution in [2.24, 2.45) is 0 Å². The molecule has 0 aromatic carbocycles. The fourth-order valence-electron chi connectivity index (χ4n) is 2.07. The van der Waals surface area contributed by atoms with Gasteiger partial charge in [-0.1, -0.05) is 0 Å². The van der Waals surface area contributed by atoms with E-state index in [9.17, 15) is 4.79 Å². The zero-order valence-corrected chi connectivity index (χ0v) is 23.1. The quantitative estimate of drug-likeness (QED) is 0.413. The molecule has 0 aromatic heterocycles. The number of rotatable bonds is 12. The second kappa shape index (κ2) is 9.73. The van der Waals surface area contributed by atoms with Crippen molar-refractivity contribution in [2.45, 2.75) is 90.8 Å². The third kappa shape index (κ3) is 14.4. The van der Waals surface area contributed by atoms with Gasteiger partial charge in [0.05, 0.1) is 19.3 Å². The van der Waals surface area contributed by atoms with E-state index < -0.39 is 39.4 Å². The van der Waals surface area contributed by atoms with E-state index in [-0.39, 0.29) is 18.5 Å². The smallest absolute Gasteiger partial charge is 0.187 e. The first-order valence-corrected chi connectivity index (χ1v) is 23.1. The number of Topliss-reactive ketones (excluding diaryl/α,β-unsaturated/α-hetero) is 1. The van der Waals surface area contributed by atoms with E-state index in [4.69, 9.17) is 17.7 Å². The summed E-state index contributed by atoms with van der Waals surface area (Å²) in [7, 11) is -7.32. The Kier molecular flexibility index (Phi) is 9.87. The van der Waals surface area contributed by atoms with Gasteiger partial charge in [0.2, 0.25) is 0 Å². The number of hydrogen-bond donors (Lipinski definition) is 0. The van der Waals surface area contributed by atoms with Crippen LogP contribution >= 0.6 is 0 Å². The van der Waals surface area contributed by atoms with Crippen molar-refractivity contribution in [3.05, 3.63) is 0 Å². The number of hydrogen-bond acceptors (Lipinski definition) is 5. The van der Waals surface area contributed by atoms with Crippen LogP contribution in [-0.4, -0.2) is 64.5 Å². The van der Waals surface area contributed by atoms with Crippen LogP contribution in [0.25, 0.3) is 0 Å². The van der Waals surface area contributed by atoms with Gasteiger partial charge in [-0.05, 0) is 78.6 Å². The fourth-order valence-corrected chi connectivity index (χ4v) is 5.45. The minimum absolute atomic E-state index is 0.0303. The SMILES string of the molecule is C[Si](C)(C)OCC(=O)[C@@H](O[Si](C)(C)C)[C@H](CO[Si](C)(C)C)O[Si](C)(C)C. The van der Waals surface area contributed by atoms with Gasteiger partial charge >= 0.3 is 0 Å². The van der Waals surface area contributed by atoms with E-state index in [1.54, 1.807) is 0 Å². The largest absolute Gasteiger partial charge is 0.415 e. The fraction of sp³-hybridized carbons (Fsp3) is 0.941. The lowest BCUT2D eigenvalue weighted by Gasteiger charge is -2.36. The molecule has 0 aromatic rings. The summed E-state index contributed by atoms with van der Waals surface area (Å²) in [5.41, 5.74) is 0. The molecule has 0 rings (SSSR count). The third-order valence-corrected chi connectivity index (χ3v) is 6.98. The van der Waals surface area contributed by atoms with Crippen LogP contribution < -0.4 is 0 Å². The van der Waals surface area contributed by atoms with E-state index in [0.717, 1.165) is 0 Å². The number of ketones is 1. The topological polar surface area (TPSA) is 54.0 Å². The highest BCUT2D eigenvalue weighted by Crippen LogP contribution is 2.20. The molecule has 0 amide bonds. The summed E-state index contributed by atoms with van der Waals surface area (Å²) in [5, 5.41) is 0. The van der Waals surface area contributed by atoms with Crippen LogP contribution in [0.4, 0.5) is 0 Å². The molecule has 0 saturated heterocycles. The summed E-state index contributed by atoms with van der Waals surface area (Å²) in [6.45, 7) is 25.8. The van der Waals surface area contributed by atoms with Gasteiger partial charge in [0.25, 0.3) is 0 Å². The van der Waals surface area contributed by atoms with Crippen LogP contribution in [0, 0.1) is 0 Å². The van der Waals surface area contributed by atoms with Crippen LogP contribution in [0.15, 0.2) is 0 Å². The zero-order valence-electron chi connectivity index (χ0n) is 19.1. The molecule has 0 radical (unpaired) electrons. The van der Waals surface area contributed by atoms with Crippen molar-refractivity contribution in [2.75, 3.05) is 13.2 Å². The second-order valence-electron chi connectivity index (χ2n) is 10.7. The average Bonchev–Trinajstić information content (AvgIpc) is 2.34. The maximum absolute atomic E-state index is 13.0. The highest BCUT2D eigenvalue weighted by Gasteiger charge is 2.38. The van der Waals surface area contributed by atoms with Gasteiger partial charge in [-0.2, -0.15) is 0 Å². The molecular weight excluding hydrogens is 397 g/mol. The van der Waals surface area contributed by atoms with E-state index in [2.05, 4.69) is 78.6 Å². The molecule has 26 heavy (non-hydrogen) atoms. The van der Waals surface area contributed by atoms with E-state index in [0.29, 0.717) is 6.61 Å². The molecule has 0 spiro atoms. The van der Waals surface area contributed by atoms with Crippen molar-refractivity contribution in [3.63, 3.8) is 0 Å². The van der Waals surface area contributed by atoms with Crippen molar-refractivity contribution < 1.29 is 22.5 Å². The van der Waals surface area contributed by atoms with Gasteiger partial charge in [0.15, 0.2) is 39.1 Å². The Bertz CT molecular complexity index is 444. The molecule has 0 aliphatic heterocycles. The summed E-state index contributed by atoms with van der Waals surface area (Å²) in [5.74, 6) is -0.0303. The molecule has 5 nitrogen and oxygen atoms in total. The van der Waals surface area contributed by atoms with Gasteiger partial charge in [0, 0.05) is 0 Å². The maximum atomic E-state index is 13.0. The van der Waals surface area contributed by atoms with Crippen molar-refractivity contribution in [1.82, 2.24) is 0 Å². The summed E-state index contributed by atoms with van der Waals surface area (Å²) in [6, 6.07) is 0. The highest BCUT2D eigenvalue weighted by atomic mass is 28.4. The Morgan fingerprint density at radius 1 is 0.654 bits per heavy atom. The first kappa shape index (κ1) is 26.4. The molecule has 0 saturated carbocycles. The van der Waals surface area contributed by atoms with Crippen molar-refractivity contribution >= 4 is 39.1 Å². The summed E-state index contributed by atoms with van der Waals surface area (Å²) in [6.07, 6.45) is -1.00. The highest BCUT2D eigenvalue weighted by molar-refractivity contribution is 6.71. The molecule has 156 valence electrons. The minimum Gasteiger partial charge on any atom is -0.415 e. The summed E-state index contributed by atoms with van der Waals surface area (Å²) < 4.78 is 24.6. The first-order valence-electron chi connectivity index (χ1n) is 9.45. The minimum atomic E-state index is -1.94. The lowest BCUT2D eigenvalue weighted by Crippen LogP contribution is -2.52. The molecule has 0 unspecified atom stereocenters. The molecule has 0 heterocycles. The Morgan fingerprint density at radius 2 is 1.08 bits per heavy atom. The van der Waals surface area contributed by atoms with E-state index in [1.807, 2.05) is 0 Å². The van der Waals surface area contributed by atoms with E-state index >= 15 is 0 Å². The van der Waals surface area contributed by atoms with Crippen molar-refractivity contribution in [3.8, 4) is 0 Å². The molecule has 0 bridgehead atoms. The predicted octanol–water partition coefficient (Wildman–Crippen LogP) is 4.70. The van der Waals surface area contributed by atoms with Gasteiger partial charge in [0.1, 0.15) is 6.10 Å².